The molecule has 1 atom stereocenters. The van der Waals surface area contributed by atoms with Gasteiger partial charge >= 0.3 is 0 Å². The van der Waals surface area contributed by atoms with Crippen molar-refractivity contribution in [3.8, 4) is 0 Å². The minimum absolute atomic E-state index is 0.159. The van der Waals surface area contributed by atoms with Crippen LogP contribution in [0, 0.1) is 17.6 Å². The van der Waals surface area contributed by atoms with E-state index in [9.17, 15) is 13.6 Å². The monoisotopic (exact) mass is 406 g/mol. The van der Waals surface area contributed by atoms with Crippen LogP contribution < -0.4 is 10.6 Å². The van der Waals surface area contributed by atoms with Crippen molar-refractivity contribution in [3.05, 3.63) is 35.4 Å². The average molecular weight is 407 g/mol. The smallest absolute Gasteiger partial charge is 0.225 e. The van der Waals surface area contributed by atoms with E-state index in [1.807, 2.05) is 11.8 Å². The van der Waals surface area contributed by atoms with E-state index in [4.69, 9.17) is 0 Å². The van der Waals surface area contributed by atoms with Crippen LogP contribution in [0.1, 0.15) is 51.0 Å². The summed E-state index contributed by atoms with van der Waals surface area (Å²) >= 11 is 0. The summed E-state index contributed by atoms with van der Waals surface area (Å²) in [7, 11) is 0. The molecular weight excluding hydrogens is 374 g/mol. The van der Waals surface area contributed by atoms with E-state index in [2.05, 4.69) is 15.6 Å². The second-order valence-corrected chi connectivity index (χ2v) is 7.97. The Morgan fingerprint density at radius 2 is 2.00 bits per heavy atom. The summed E-state index contributed by atoms with van der Waals surface area (Å²) in [5, 5.41) is 6.59. The highest BCUT2D eigenvalue weighted by Gasteiger charge is 2.31. The highest BCUT2D eigenvalue weighted by molar-refractivity contribution is 5.81. The Labute approximate surface area is 172 Å². The van der Waals surface area contributed by atoms with E-state index in [0.717, 1.165) is 44.7 Å². The van der Waals surface area contributed by atoms with Gasteiger partial charge in [-0.25, -0.2) is 8.78 Å². The van der Waals surface area contributed by atoms with E-state index in [1.165, 1.54) is 12.5 Å². The molecule has 0 spiro atoms. The summed E-state index contributed by atoms with van der Waals surface area (Å²) in [5.74, 6) is -0.470. The van der Waals surface area contributed by atoms with Crippen LogP contribution in [0.2, 0.25) is 0 Å². The quantitative estimate of drug-likeness (QED) is 0.563. The van der Waals surface area contributed by atoms with E-state index >= 15 is 0 Å². The number of halogens is 2. The molecule has 1 aliphatic carbocycles. The van der Waals surface area contributed by atoms with Gasteiger partial charge in [0.25, 0.3) is 0 Å². The van der Waals surface area contributed by atoms with Crippen LogP contribution in [0.25, 0.3) is 0 Å². The van der Waals surface area contributed by atoms with Crippen LogP contribution in [-0.2, 0) is 11.2 Å². The first-order valence-electron chi connectivity index (χ1n) is 10.8. The highest BCUT2D eigenvalue weighted by Crippen LogP contribution is 2.26. The van der Waals surface area contributed by atoms with Gasteiger partial charge in [0.2, 0.25) is 5.91 Å². The predicted molar refractivity (Wildman–Crippen MR) is 111 cm³/mol. The Morgan fingerprint density at radius 3 is 2.76 bits per heavy atom. The summed E-state index contributed by atoms with van der Waals surface area (Å²) in [6, 6.07) is 4.37. The maximum atomic E-state index is 13.8. The number of benzene rings is 1. The first kappa shape index (κ1) is 21.5. The number of likely N-dealkylation sites (tertiary alicyclic amines) is 1. The van der Waals surface area contributed by atoms with Gasteiger partial charge in [-0.15, -0.1) is 0 Å². The number of guanidine groups is 1. The third-order valence-corrected chi connectivity index (χ3v) is 5.82. The Balaban J connectivity index is 1.51. The summed E-state index contributed by atoms with van der Waals surface area (Å²) in [5.41, 5.74) is 0.328. The number of rotatable bonds is 6. The molecule has 0 radical (unpaired) electrons. The zero-order chi connectivity index (χ0) is 20.6. The largest absolute Gasteiger partial charge is 0.357 e. The van der Waals surface area contributed by atoms with Gasteiger partial charge in [-0.05, 0) is 44.2 Å². The van der Waals surface area contributed by atoms with Gasteiger partial charge in [-0.1, -0.05) is 31.4 Å². The van der Waals surface area contributed by atoms with E-state index in [0.29, 0.717) is 43.5 Å². The van der Waals surface area contributed by atoms with Crippen molar-refractivity contribution in [2.45, 2.75) is 57.9 Å². The normalized spacial score (nSPS) is 20.7. The molecule has 1 unspecified atom stereocenters. The topological polar surface area (TPSA) is 56.7 Å². The molecule has 2 fully saturated rings. The maximum absolute atomic E-state index is 13.8. The van der Waals surface area contributed by atoms with Gasteiger partial charge in [-0.2, -0.15) is 0 Å². The zero-order valence-electron chi connectivity index (χ0n) is 17.2. The van der Waals surface area contributed by atoms with Crippen LogP contribution >= 0.6 is 0 Å². The molecule has 1 heterocycles. The molecular formula is C22H32F2N4O. The van der Waals surface area contributed by atoms with Crippen LogP contribution in [0.5, 0.6) is 0 Å². The average Bonchev–Trinajstić information content (AvgIpc) is 3.20. The molecule has 29 heavy (non-hydrogen) atoms. The van der Waals surface area contributed by atoms with Gasteiger partial charge in [0.1, 0.15) is 0 Å². The number of hydrogen-bond donors (Lipinski definition) is 2. The number of carbonyl (C=O) groups is 1. The fourth-order valence-corrected chi connectivity index (χ4v) is 4.23. The van der Waals surface area contributed by atoms with Gasteiger partial charge in [-0.3, -0.25) is 9.79 Å². The number of hydrogen-bond acceptors (Lipinski definition) is 2. The van der Waals surface area contributed by atoms with Crippen LogP contribution in [-0.4, -0.2) is 49.0 Å². The molecule has 0 aromatic heterocycles. The number of carbonyl (C=O) groups excluding carboxylic acids is 1. The minimum atomic E-state index is -0.829. The van der Waals surface area contributed by atoms with E-state index in [-0.39, 0.29) is 12.0 Å². The molecule has 2 N–H and O–H groups in total. The predicted octanol–water partition coefficient (Wildman–Crippen LogP) is 3.24. The third kappa shape index (κ3) is 5.90. The molecule has 5 nitrogen and oxygen atoms in total. The van der Waals surface area contributed by atoms with Gasteiger partial charge in [0, 0.05) is 38.1 Å². The van der Waals surface area contributed by atoms with Gasteiger partial charge in [0.15, 0.2) is 17.6 Å². The van der Waals surface area contributed by atoms with Crippen LogP contribution in [0.4, 0.5) is 8.78 Å². The molecule has 1 amide bonds. The first-order valence-corrected chi connectivity index (χ1v) is 10.8. The summed E-state index contributed by atoms with van der Waals surface area (Å²) in [4.78, 5) is 19.2. The summed E-state index contributed by atoms with van der Waals surface area (Å²) < 4.78 is 27.1. The SMILES string of the molecule is CCNC(=NCCc1cccc(F)c1F)NC1CCN(C(=O)C2CCCCC2)C1. The zero-order valence-corrected chi connectivity index (χ0v) is 17.2. The molecule has 3 rings (SSSR count). The standard InChI is InChI=1S/C22H32F2N4O/c1-2-25-22(26-13-11-16-9-6-10-19(23)20(16)24)27-18-12-14-28(15-18)21(29)17-7-4-3-5-8-17/h6,9-10,17-18H,2-5,7-8,11-15H2,1H3,(H2,25,26,27). The minimum Gasteiger partial charge on any atom is -0.357 e. The molecule has 1 saturated carbocycles. The fourth-order valence-electron chi connectivity index (χ4n) is 4.23. The van der Waals surface area contributed by atoms with Crippen molar-refractivity contribution in [1.82, 2.24) is 15.5 Å². The number of nitrogens with zero attached hydrogens (tertiary/aromatic N) is 2. The highest BCUT2D eigenvalue weighted by atomic mass is 19.2. The second-order valence-electron chi connectivity index (χ2n) is 7.97. The van der Waals surface area contributed by atoms with E-state index < -0.39 is 11.6 Å². The Bertz CT molecular complexity index is 719. The Kier molecular flexibility index (Phi) is 7.83. The van der Waals surface area contributed by atoms with Gasteiger partial charge < -0.3 is 15.5 Å². The first-order chi connectivity index (χ1) is 14.1. The van der Waals surface area contributed by atoms with Crippen LogP contribution in [0.3, 0.4) is 0 Å². The fraction of sp³-hybridized carbons (Fsp3) is 0.636. The lowest BCUT2D eigenvalue weighted by Gasteiger charge is -2.26. The molecule has 7 heteroatoms. The molecule has 1 aliphatic heterocycles. The van der Waals surface area contributed by atoms with Crippen molar-refractivity contribution in [1.29, 1.82) is 0 Å². The van der Waals surface area contributed by atoms with Crippen molar-refractivity contribution in [2.24, 2.45) is 10.9 Å². The number of aliphatic imine (C=N–C) groups is 1. The lowest BCUT2D eigenvalue weighted by atomic mass is 9.88. The molecule has 160 valence electrons. The van der Waals surface area contributed by atoms with Gasteiger partial charge in [0.05, 0.1) is 0 Å². The lowest BCUT2D eigenvalue weighted by Crippen LogP contribution is -2.45. The lowest BCUT2D eigenvalue weighted by molar-refractivity contribution is -0.135. The maximum Gasteiger partial charge on any atom is 0.225 e. The molecule has 2 aliphatic rings. The number of nitrogens with one attached hydrogen (secondary N) is 2. The summed E-state index contributed by atoms with van der Waals surface area (Å²) in [6.45, 7) is 4.51. The number of amides is 1. The Morgan fingerprint density at radius 1 is 1.21 bits per heavy atom. The molecule has 1 aromatic rings. The van der Waals surface area contributed by atoms with Crippen LogP contribution in [0.15, 0.2) is 23.2 Å². The van der Waals surface area contributed by atoms with Crippen molar-refractivity contribution < 1.29 is 13.6 Å². The van der Waals surface area contributed by atoms with Crippen molar-refractivity contribution >= 4 is 11.9 Å². The van der Waals surface area contributed by atoms with Crippen molar-refractivity contribution in [2.75, 3.05) is 26.2 Å². The molecule has 1 aromatic carbocycles. The Hall–Kier alpha value is -2.18. The second kappa shape index (κ2) is 10.6. The third-order valence-electron chi connectivity index (χ3n) is 5.82. The van der Waals surface area contributed by atoms with Crippen molar-refractivity contribution in [3.63, 3.8) is 0 Å². The summed E-state index contributed by atoms with van der Waals surface area (Å²) in [6.07, 6.45) is 6.83. The molecule has 0 bridgehead atoms. The van der Waals surface area contributed by atoms with E-state index in [1.54, 1.807) is 6.07 Å². The molecule has 1 saturated heterocycles.